The molecule has 0 aliphatic rings. The quantitative estimate of drug-likeness (QED) is 0.683. The van der Waals surface area contributed by atoms with E-state index in [0.29, 0.717) is 0 Å². The molecule has 16 heavy (non-hydrogen) atoms. The van der Waals surface area contributed by atoms with E-state index in [1.54, 1.807) is 0 Å². The van der Waals surface area contributed by atoms with Gasteiger partial charge in [-0.2, -0.15) is 0 Å². The van der Waals surface area contributed by atoms with Gasteiger partial charge in [0.05, 0.1) is 4.88 Å². The highest BCUT2D eigenvalue weighted by Crippen LogP contribution is 2.21. The SMILES string of the molecule is CCN(CCCN(C)C)c1csc(C=O)c1. The first-order valence-electron chi connectivity index (χ1n) is 5.60. The summed E-state index contributed by atoms with van der Waals surface area (Å²) in [6.45, 7) is 5.28. The Balaban J connectivity index is 2.50. The predicted molar refractivity (Wildman–Crippen MR) is 70.8 cm³/mol. The monoisotopic (exact) mass is 240 g/mol. The summed E-state index contributed by atoms with van der Waals surface area (Å²) in [5.41, 5.74) is 1.17. The van der Waals surface area contributed by atoms with Gasteiger partial charge in [-0.25, -0.2) is 0 Å². The van der Waals surface area contributed by atoms with Crippen LogP contribution in [-0.2, 0) is 0 Å². The van der Waals surface area contributed by atoms with Crippen molar-refractivity contribution in [3.05, 3.63) is 16.3 Å². The zero-order chi connectivity index (χ0) is 12.0. The number of carbonyl (C=O) groups is 1. The number of anilines is 1. The van der Waals surface area contributed by atoms with E-state index in [0.717, 1.165) is 37.2 Å². The molecule has 0 N–H and O–H groups in total. The van der Waals surface area contributed by atoms with E-state index in [2.05, 4.69) is 36.2 Å². The molecule has 0 aliphatic heterocycles. The van der Waals surface area contributed by atoms with Crippen LogP contribution in [-0.4, -0.2) is 44.9 Å². The molecular weight excluding hydrogens is 220 g/mol. The van der Waals surface area contributed by atoms with Crippen LogP contribution < -0.4 is 4.90 Å². The molecule has 0 amide bonds. The van der Waals surface area contributed by atoms with Crippen molar-refractivity contribution in [2.24, 2.45) is 0 Å². The van der Waals surface area contributed by atoms with Gasteiger partial charge in [-0.15, -0.1) is 11.3 Å². The number of nitrogens with zero attached hydrogens (tertiary/aromatic N) is 2. The maximum absolute atomic E-state index is 10.6. The van der Waals surface area contributed by atoms with Crippen molar-refractivity contribution in [3.8, 4) is 0 Å². The van der Waals surface area contributed by atoms with Crippen LogP contribution in [0, 0.1) is 0 Å². The maximum Gasteiger partial charge on any atom is 0.160 e. The van der Waals surface area contributed by atoms with Gasteiger partial charge in [0, 0.05) is 24.2 Å². The first-order chi connectivity index (χ1) is 7.67. The summed E-state index contributed by atoms with van der Waals surface area (Å²) in [6.07, 6.45) is 2.06. The van der Waals surface area contributed by atoms with Crippen LogP contribution in [0.2, 0.25) is 0 Å². The smallest absolute Gasteiger partial charge is 0.160 e. The first-order valence-corrected chi connectivity index (χ1v) is 6.48. The number of rotatable bonds is 7. The number of hydrogen-bond donors (Lipinski definition) is 0. The third kappa shape index (κ3) is 3.94. The zero-order valence-corrected chi connectivity index (χ0v) is 11.1. The van der Waals surface area contributed by atoms with Crippen molar-refractivity contribution < 1.29 is 4.79 Å². The Morgan fingerprint density at radius 3 is 2.62 bits per heavy atom. The fraction of sp³-hybridized carbons (Fsp3) is 0.583. The van der Waals surface area contributed by atoms with E-state index < -0.39 is 0 Å². The van der Waals surface area contributed by atoms with Crippen LogP contribution in [0.3, 0.4) is 0 Å². The highest BCUT2D eigenvalue weighted by molar-refractivity contribution is 7.12. The van der Waals surface area contributed by atoms with Gasteiger partial charge < -0.3 is 9.80 Å². The van der Waals surface area contributed by atoms with E-state index in [1.165, 1.54) is 17.0 Å². The highest BCUT2D eigenvalue weighted by atomic mass is 32.1. The summed E-state index contributed by atoms with van der Waals surface area (Å²) in [7, 11) is 4.18. The predicted octanol–water partition coefficient (Wildman–Crippen LogP) is 2.34. The van der Waals surface area contributed by atoms with Crippen LogP contribution in [0.4, 0.5) is 5.69 Å². The van der Waals surface area contributed by atoms with E-state index in [9.17, 15) is 4.79 Å². The Morgan fingerprint density at radius 2 is 2.12 bits per heavy atom. The minimum Gasteiger partial charge on any atom is -0.371 e. The summed E-state index contributed by atoms with van der Waals surface area (Å²) in [6, 6.07) is 1.97. The second-order valence-corrected chi connectivity index (χ2v) is 5.00. The number of aldehydes is 1. The summed E-state index contributed by atoms with van der Waals surface area (Å²) in [5, 5.41) is 2.06. The molecule has 0 unspecified atom stereocenters. The largest absolute Gasteiger partial charge is 0.371 e. The third-order valence-corrected chi connectivity index (χ3v) is 3.35. The molecule has 0 saturated carbocycles. The van der Waals surface area contributed by atoms with E-state index in [-0.39, 0.29) is 0 Å². The van der Waals surface area contributed by atoms with Crippen LogP contribution >= 0.6 is 11.3 Å². The molecule has 0 radical (unpaired) electrons. The molecule has 0 aromatic carbocycles. The van der Waals surface area contributed by atoms with Gasteiger partial charge in [0.1, 0.15) is 0 Å². The fourth-order valence-electron chi connectivity index (χ4n) is 1.62. The molecule has 90 valence electrons. The molecule has 0 fully saturated rings. The molecule has 1 heterocycles. The van der Waals surface area contributed by atoms with Crippen molar-refractivity contribution in [2.45, 2.75) is 13.3 Å². The molecule has 1 rings (SSSR count). The molecule has 0 spiro atoms. The maximum atomic E-state index is 10.6. The Hall–Kier alpha value is -0.870. The van der Waals surface area contributed by atoms with Gasteiger partial charge in [-0.05, 0) is 40.1 Å². The van der Waals surface area contributed by atoms with Crippen molar-refractivity contribution >= 4 is 23.3 Å². The summed E-state index contributed by atoms with van der Waals surface area (Å²) >= 11 is 1.51. The van der Waals surface area contributed by atoms with Crippen LogP contribution in [0.15, 0.2) is 11.4 Å². The van der Waals surface area contributed by atoms with E-state index in [4.69, 9.17) is 0 Å². The Kier molecular flexibility index (Phi) is 5.49. The molecule has 0 aliphatic carbocycles. The summed E-state index contributed by atoms with van der Waals surface area (Å²) < 4.78 is 0. The number of hydrogen-bond acceptors (Lipinski definition) is 4. The number of thiophene rings is 1. The van der Waals surface area contributed by atoms with Crippen molar-refractivity contribution in [2.75, 3.05) is 38.6 Å². The topological polar surface area (TPSA) is 23.6 Å². The fourth-order valence-corrected chi connectivity index (χ4v) is 2.34. The Labute approximate surface area is 102 Å². The van der Waals surface area contributed by atoms with Gasteiger partial charge in [-0.1, -0.05) is 0 Å². The second kappa shape index (κ2) is 6.66. The van der Waals surface area contributed by atoms with Gasteiger partial charge in [0.25, 0.3) is 0 Å². The van der Waals surface area contributed by atoms with Crippen LogP contribution in [0.5, 0.6) is 0 Å². The lowest BCUT2D eigenvalue weighted by Crippen LogP contribution is -2.26. The summed E-state index contributed by atoms with van der Waals surface area (Å²) in [5.74, 6) is 0. The average Bonchev–Trinajstić information content (AvgIpc) is 2.72. The molecule has 1 aromatic heterocycles. The van der Waals surface area contributed by atoms with Crippen LogP contribution in [0.1, 0.15) is 23.0 Å². The Bertz CT molecular complexity index is 323. The first kappa shape index (κ1) is 13.2. The molecule has 1 aromatic rings. The Morgan fingerprint density at radius 1 is 1.38 bits per heavy atom. The molecule has 0 bridgehead atoms. The lowest BCUT2D eigenvalue weighted by atomic mass is 10.3. The molecule has 0 saturated heterocycles. The average molecular weight is 240 g/mol. The van der Waals surface area contributed by atoms with Gasteiger partial charge in [-0.3, -0.25) is 4.79 Å². The number of carbonyl (C=O) groups excluding carboxylic acids is 1. The lowest BCUT2D eigenvalue weighted by Gasteiger charge is -2.22. The lowest BCUT2D eigenvalue weighted by molar-refractivity contribution is 0.112. The van der Waals surface area contributed by atoms with Gasteiger partial charge >= 0.3 is 0 Å². The van der Waals surface area contributed by atoms with Crippen molar-refractivity contribution in [3.63, 3.8) is 0 Å². The minimum absolute atomic E-state index is 0.807. The van der Waals surface area contributed by atoms with Crippen molar-refractivity contribution in [1.82, 2.24) is 4.90 Å². The van der Waals surface area contributed by atoms with E-state index in [1.807, 2.05) is 6.07 Å². The van der Waals surface area contributed by atoms with E-state index >= 15 is 0 Å². The van der Waals surface area contributed by atoms with Crippen LogP contribution in [0.25, 0.3) is 0 Å². The van der Waals surface area contributed by atoms with Gasteiger partial charge in [0.2, 0.25) is 0 Å². The third-order valence-electron chi connectivity index (χ3n) is 2.50. The minimum atomic E-state index is 0.807. The van der Waals surface area contributed by atoms with Gasteiger partial charge in [0.15, 0.2) is 6.29 Å². The second-order valence-electron chi connectivity index (χ2n) is 4.06. The van der Waals surface area contributed by atoms with Crippen molar-refractivity contribution in [1.29, 1.82) is 0 Å². The molecule has 4 heteroatoms. The molecular formula is C12H20N2OS. The molecule has 0 atom stereocenters. The summed E-state index contributed by atoms with van der Waals surface area (Å²) in [4.78, 5) is 15.9. The standard InChI is InChI=1S/C12H20N2OS/c1-4-14(7-5-6-13(2)3)11-8-12(9-15)16-10-11/h8-10H,4-7H2,1-3H3. The normalized spacial score (nSPS) is 10.8. The highest BCUT2D eigenvalue weighted by Gasteiger charge is 2.06. The molecule has 3 nitrogen and oxygen atoms in total. The zero-order valence-electron chi connectivity index (χ0n) is 10.3.